The third-order valence-electron chi connectivity index (χ3n) is 2.55. The van der Waals surface area contributed by atoms with Crippen LogP contribution in [0.2, 0.25) is 0 Å². The molecule has 1 N–H and O–H groups in total. The maximum Gasteiger partial charge on any atom is 0.170 e. The van der Waals surface area contributed by atoms with Gasteiger partial charge in [-0.25, -0.2) is 0 Å². The molecule has 1 heterocycles. The third kappa shape index (κ3) is 1.72. The Morgan fingerprint density at radius 2 is 2.33 bits per heavy atom. The number of aromatic hydroxyl groups is 1. The second kappa shape index (κ2) is 3.81. The third-order valence-corrected chi connectivity index (χ3v) is 3.07. The zero-order valence-corrected chi connectivity index (χ0v) is 9.53. The molecule has 82 valence electrons. The van der Waals surface area contributed by atoms with Crippen LogP contribution in [0, 0.1) is 0 Å². The Bertz CT molecular complexity index is 370. The maximum absolute atomic E-state index is 9.33. The number of phenols is 1. The van der Waals surface area contributed by atoms with E-state index >= 15 is 0 Å². The highest BCUT2D eigenvalue weighted by molar-refractivity contribution is 6.22. The first-order valence-corrected chi connectivity index (χ1v) is 5.49. The van der Waals surface area contributed by atoms with Crippen LogP contribution < -0.4 is 9.64 Å². The molecule has 1 aromatic carbocycles. The van der Waals surface area contributed by atoms with Crippen LogP contribution in [0.15, 0.2) is 18.2 Å². The highest BCUT2D eigenvalue weighted by Crippen LogP contribution is 2.41. The Kier molecular flexibility index (Phi) is 2.65. The molecule has 0 saturated carbocycles. The molecule has 2 unspecified atom stereocenters. The Balaban J connectivity index is 2.37. The van der Waals surface area contributed by atoms with Crippen molar-refractivity contribution in [3.05, 3.63) is 18.2 Å². The number of halogens is 1. The van der Waals surface area contributed by atoms with Crippen molar-refractivity contribution in [2.24, 2.45) is 0 Å². The number of benzene rings is 1. The summed E-state index contributed by atoms with van der Waals surface area (Å²) >= 11 is 6.22. The molecule has 0 aromatic heterocycles. The van der Waals surface area contributed by atoms with Crippen molar-refractivity contribution < 1.29 is 9.84 Å². The predicted octanol–water partition coefficient (Wildman–Crippen LogP) is 2.91. The molecule has 1 aromatic rings. The molecular formula is C11H14ClNO2. The molecule has 2 rings (SSSR count). The van der Waals surface area contributed by atoms with E-state index in [1.807, 2.05) is 24.8 Å². The number of rotatable bonds is 2. The zero-order valence-electron chi connectivity index (χ0n) is 8.77. The van der Waals surface area contributed by atoms with E-state index in [0.717, 1.165) is 12.1 Å². The number of anilines is 1. The number of phenolic OH excluding ortho intramolecular Hbond substituents is 1. The molecule has 0 fully saturated rings. The van der Waals surface area contributed by atoms with Crippen LogP contribution in [0.5, 0.6) is 11.5 Å². The normalized spacial score (nSPS) is 21.0. The van der Waals surface area contributed by atoms with Crippen LogP contribution in [0.25, 0.3) is 0 Å². The highest BCUT2D eigenvalue weighted by atomic mass is 35.5. The van der Waals surface area contributed by atoms with Crippen LogP contribution in [-0.2, 0) is 0 Å². The van der Waals surface area contributed by atoms with Gasteiger partial charge in [-0.1, -0.05) is 18.5 Å². The van der Waals surface area contributed by atoms with E-state index in [2.05, 4.69) is 0 Å². The van der Waals surface area contributed by atoms with Gasteiger partial charge in [-0.2, -0.15) is 0 Å². The Labute approximate surface area is 94.2 Å². The van der Waals surface area contributed by atoms with Gasteiger partial charge >= 0.3 is 0 Å². The molecule has 2 atom stereocenters. The lowest BCUT2D eigenvalue weighted by Crippen LogP contribution is -2.37. The van der Waals surface area contributed by atoms with E-state index in [1.54, 1.807) is 12.1 Å². The summed E-state index contributed by atoms with van der Waals surface area (Å²) in [5.74, 6) is 0.909. The van der Waals surface area contributed by atoms with E-state index in [1.165, 1.54) is 0 Å². The number of nitrogens with zero attached hydrogens (tertiary/aromatic N) is 1. The van der Waals surface area contributed by atoms with Gasteiger partial charge in [0.15, 0.2) is 6.23 Å². The molecule has 1 aliphatic heterocycles. The quantitative estimate of drug-likeness (QED) is 0.623. The average molecular weight is 228 g/mol. The number of ether oxygens (including phenoxy) is 1. The van der Waals surface area contributed by atoms with Crippen LogP contribution in [0.4, 0.5) is 5.69 Å². The minimum Gasteiger partial charge on any atom is -0.508 e. The first-order chi connectivity index (χ1) is 7.13. The summed E-state index contributed by atoms with van der Waals surface area (Å²) in [7, 11) is 0. The van der Waals surface area contributed by atoms with Gasteiger partial charge in [0.2, 0.25) is 0 Å². The van der Waals surface area contributed by atoms with Gasteiger partial charge < -0.3 is 14.7 Å². The van der Waals surface area contributed by atoms with Crippen molar-refractivity contribution in [3.63, 3.8) is 0 Å². The number of hydrogen-bond donors (Lipinski definition) is 1. The minimum atomic E-state index is -0.0794. The molecule has 0 spiro atoms. The van der Waals surface area contributed by atoms with Crippen LogP contribution in [0.1, 0.15) is 20.3 Å². The fourth-order valence-corrected chi connectivity index (χ4v) is 2.09. The van der Waals surface area contributed by atoms with E-state index in [4.69, 9.17) is 16.3 Å². The van der Waals surface area contributed by atoms with Crippen molar-refractivity contribution in [2.45, 2.75) is 32.0 Å². The van der Waals surface area contributed by atoms with Crippen molar-refractivity contribution >= 4 is 17.3 Å². The van der Waals surface area contributed by atoms with Crippen molar-refractivity contribution in [1.29, 1.82) is 0 Å². The van der Waals surface area contributed by atoms with Gasteiger partial charge in [0.05, 0.1) is 5.69 Å². The van der Waals surface area contributed by atoms with Gasteiger partial charge in [0, 0.05) is 6.07 Å². The standard InChI is InChI=1S/C11H14ClNO2/c1-3-11(12)13-7(2)15-10-6-8(14)4-5-9(10)13/h4-7,11,14H,3H2,1-2H3. The second-order valence-corrected chi connectivity index (χ2v) is 4.12. The number of fused-ring (bicyclic) bond motifs is 1. The molecule has 0 bridgehead atoms. The van der Waals surface area contributed by atoms with E-state index in [-0.39, 0.29) is 17.5 Å². The van der Waals surface area contributed by atoms with E-state index < -0.39 is 0 Å². The molecular weight excluding hydrogens is 214 g/mol. The lowest BCUT2D eigenvalue weighted by Gasteiger charge is -2.26. The van der Waals surface area contributed by atoms with Gasteiger partial charge in [-0.3, -0.25) is 0 Å². The molecule has 4 heteroatoms. The lowest BCUT2D eigenvalue weighted by atomic mass is 10.2. The second-order valence-electron chi connectivity index (χ2n) is 3.62. The van der Waals surface area contributed by atoms with Crippen LogP contribution >= 0.6 is 11.6 Å². The first-order valence-electron chi connectivity index (χ1n) is 5.05. The lowest BCUT2D eigenvalue weighted by molar-refractivity contribution is 0.240. The Hall–Kier alpha value is -1.09. The molecule has 1 aliphatic rings. The summed E-state index contributed by atoms with van der Waals surface area (Å²) in [5.41, 5.74) is 0.868. The topological polar surface area (TPSA) is 32.7 Å². The van der Waals surface area contributed by atoms with Gasteiger partial charge in [-0.15, -0.1) is 0 Å². The van der Waals surface area contributed by atoms with E-state index in [9.17, 15) is 5.11 Å². The molecule has 0 saturated heterocycles. The number of alkyl halides is 1. The molecule has 0 radical (unpaired) electrons. The average Bonchev–Trinajstić information content (AvgIpc) is 2.52. The first kappa shape index (κ1) is 10.4. The van der Waals surface area contributed by atoms with Crippen molar-refractivity contribution in [2.75, 3.05) is 4.90 Å². The SMILES string of the molecule is CCC(Cl)N1c2ccc(O)cc2OC1C. The van der Waals surface area contributed by atoms with Gasteiger partial charge in [0.1, 0.15) is 17.0 Å². The Morgan fingerprint density at radius 1 is 1.60 bits per heavy atom. The van der Waals surface area contributed by atoms with Crippen molar-refractivity contribution in [1.82, 2.24) is 0 Å². The predicted molar refractivity (Wildman–Crippen MR) is 60.6 cm³/mol. The summed E-state index contributed by atoms with van der Waals surface area (Å²) in [4.78, 5) is 2.01. The fraction of sp³-hybridized carbons (Fsp3) is 0.455. The molecule has 0 amide bonds. The minimum absolute atomic E-state index is 0.0780. The fourth-order valence-electron chi connectivity index (χ4n) is 1.82. The van der Waals surface area contributed by atoms with Crippen LogP contribution in [0.3, 0.4) is 0 Å². The summed E-state index contributed by atoms with van der Waals surface area (Å²) in [6, 6.07) is 5.09. The van der Waals surface area contributed by atoms with Crippen molar-refractivity contribution in [3.8, 4) is 11.5 Å². The monoisotopic (exact) mass is 227 g/mol. The summed E-state index contributed by atoms with van der Waals surface area (Å²) < 4.78 is 5.60. The summed E-state index contributed by atoms with van der Waals surface area (Å²) in [6.45, 7) is 3.98. The molecule has 15 heavy (non-hydrogen) atoms. The Morgan fingerprint density at radius 3 is 3.00 bits per heavy atom. The smallest absolute Gasteiger partial charge is 0.170 e. The van der Waals surface area contributed by atoms with Crippen LogP contribution in [-0.4, -0.2) is 16.8 Å². The zero-order chi connectivity index (χ0) is 11.0. The summed E-state index contributed by atoms with van der Waals surface area (Å²) in [6.07, 6.45) is 0.763. The maximum atomic E-state index is 9.33. The summed E-state index contributed by atoms with van der Waals surface area (Å²) in [5, 5.41) is 9.33. The largest absolute Gasteiger partial charge is 0.508 e. The van der Waals surface area contributed by atoms with E-state index in [0.29, 0.717) is 5.75 Å². The number of hydrogen-bond acceptors (Lipinski definition) is 3. The highest BCUT2D eigenvalue weighted by Gasteiger charge is 2.31. The van der Waals surface area contributed by atoms with Gasteiger partial charge in [-0.05, 0) is 25.5 Å². The molecule has 0 aliphatic carbocycles. The van der Waals surface area contributed by atoms with Gasteiger partial charge in [0.25, 0.3) is 0 Å². The molecule has 3 nitrogen and oxygen atoms in total.